The topological polar surface area (TPSA) is 74.6 Å². The molecule has 1 rings (SSSR count). The minimum atomic E-state index is -0.745. The Hall–Kier alpha value is -1.42. The van der Waals surface area contributed by atoms with E-state index in [9.17, 15) is 14.7 Å². The lowest BCUT2D eigenvalue weighted by atomic mass is 9.80. The van der Waals surface area contributed by atoms with E-state index >= 15 is 0 Å². The second kappa shape index (κ2) is 11.3. The smallest absolute Gasteiger partial charge is 0.303 e. The summed E-state index contributed by atoms with van der Waals surface area (Å²) in [6, 6.07) is 0. The number of rotatable bonds is 13. The number of ketones is 1. The predicted molar refractivity (Wildman–Crippen MR) is 105 cm³/mol. The first-order chi connectivity index (χ1) is 12.3. The second-order valence-electron chi connectivity index (χ2n) is 8.21. The highest BCUT2D eigenvalue weighted by molar-refractivity contribution is 5.94. The maximum absolute atomic E-state index is 12.1. The Balaban J connectivity index is 2.45. The minimum absolute atomic E-state index is 0.0309. The molecule has 0 unspecified atom stereocenters. The van der Waals surface area contributed by atoms with E-state index in [1.165, 1.54) is 0 Å². The number of carbonyl (C=O) groups excluding carboxylic acids is 1. The van der Waals surface area contributed by atoms with E-state index in [1.807, 2.05) is 18.2 Å². The van der Waals surface area contributed by atoms with Gasteiger partial charge in [-0.05, 0) is 30.8 Å². The van der Waals surface area contributed by atoms with Crippen LogP contribution in [-0.2, 0) is 9.59 Å². The van der Waals surface area contributed by atoms with Gasteiger partial charge in [-0.1, -0.05) is 71.1 Å². The van der Waals surface area contributed by atoms with Crippen molar-refractivity contribution in [1.82, 2.24) is 0 Å². The molecule has 4 heteroatoms. The minimum Gasteiger partial charge on any atom is -0.481 e. The Morgan fingerprint density at radius 3 is 2.58 bits per heavy atom. The summed E-state index contributed by atoms with van der Waals surface area (Å²) in [5.41, 5.74) is -0.154. The Labute approximate surface area is 158 Å². The van der Waals surface area contributed by atoms with Gasteiger partial charge < -0.3 is 10.2 Å². The molecule has 1 aliphatic rings. The average molecular weight is 365 g/mol. The number of hydrogen-bond acceptors (Lipinski definition) is 3. The van der Waals surface area contributed by atoms with Crippen molar-refractivity contribution in [3.63, 3.8) is 0 Å². The second-order valence-corrected chi connectivity index (χ2v) is 8.21. The summed E-state index contributed by atoms with van der Waals surface area (Å²) in [5.74, 6) is -0.537. The van der Waals surface area contributed by atoms with Crippen molar-refractivity contribution in [2.45, 2.75) is 84.7 Å². The lowest BCUT2D eigenvalue weighted by molar-refractivity contribution is -0.137. The summed E-state index contributed by atoms with van der Waals surface area (Å²) >= 11 is 0. The number of aliphatic hydroxyl groups is 1. The number of carbonyl (C=O) groups is 2. The summed E-state index contributed by atoms with van der Waals surface area (Å²) < 4.78 is 0. The molecular weight excluding hydrogens is 328 g/mol. The summed E-state index contributed by atoms with van der Waals surface area (Å²) in [7, 11) is 0. The molecular formula is C22H36O4. The number of allylic oxidation sites excluding steroid dienone is 3. The van der Waals surface area contributed by atoms with Crippen LogP contribution in [0.4, 0.5) is 0 Å². The van der Waals surface area contributed by atoms with Gasteiger partial charge in [-0.15, -0.1) is 0 Å². The van der Waals surface area contributed by atoms with Crippen LogP contribution in [0.3, 0.4) is 0 Å². The zero-order chi connectivity index (χ0) is 19.6. The lowest BCUT2D eigenvalue weighted by Crippen LogP contribution is -2.27. The van der Waals surface area contributed by atoms with Crippen molar-refractivity contribution in [1.29, 1.82) is 0 Å². The van der Waals surface area contributed by atoms with E-state index in [0.29, 0.717) is 6.42 Å². The molecule has 0 aromatic rings. The molecule has 0 aromatic carbocycles. The molecule has 0 bridgehead atoms. The Bertz CT molecular complexity index is 504. The molecule has 0 fully saturated rings. The molecule has 0 saturated heterocycles. The van der Waals surface area contributed by atoms with Gasteiger partial charge in [0.25, 0.3) is 0 Å². The fourth-order valence-corrected chi connectivity index (χ4v) is 3.45. The van der Waals surface area contributed by atoms with E-state index < -0.39 is 12.1 Å². The number of carboxylic acid groups (broad SMARTS) is 1. The van der Waals surface area contributed by atoms with E-state index in [0.717, 1.165) is 44.9 Å². The van der Waals surface area contributed by atoms with Gasteiger partial charge in [-0.3, -0.25) is 9.59 Å². The van der Waals surface area contributed by atoms with Gasteiger partial charge in [0.2, 0.25) is 0 Å². The van der Waals surface area contributed by atoms with E-state index in [2.05, 4.69) is 20.8 Å². The van der Waals surface area contributed by atoms with Crippen LogP contribution in [0.5, 0.6) is 0 Å². The molecule has 4 nitrogen and oxygen atoms in total. The van der Waals surface area contributed by atoms with Crippen molar-refractivity contribution in [3.8, 4) is 0 Å². The van der Waals surface area contributed by atoms with Crippen molar-refractivity contribution in [2.24, 2.45) is 17.3 Å². The highest BCUT2D eigenvalue weighted by Gasteiger charge is 2.29. The predicted octanol–water partition coefficient (Wildman–Crippen LogP) is 4.92. The lowest BCUT2D eigenvalue weighted by Gasteiger charge is -2.29. The first kappa shape index (κ1) is 22.6. The summed E-state index contributed by atoms with van der Waals surface area (Å²) in [4.78, 5) is 22.6. The van der Waals surface area contributed by atoms with Gasteiger partial charge in [-0.2, -0.15) is 0 Å². The Morgan fingerprint density at radius 2 is 1.92 bits per heavy atom. The van der Waals surface area contributed by atoms with Crippen LogP contribution < -0.4 is 0 Å². The van der Waals surface area contributed by atoms with Crippen LogP contribution >= 0.6 is 0 Å². The molecule has 0 amide bonds. The van der Waals surface area contributed by atoms with Crippen LogP contribution in [0, 0.1) is 17.3 Å². The van der Waals surface area contributed by atoms with Crippen LogP contribution in [-0.4, -0.2) is 28.1 Å². The first-order valence-corrected chi connectivity index (χ1v) is 10.1. The zero-order valence-electron chi connectivity index (χ0n) is 16.6. The third-order valence-corrected chi connectivity index (χ3v) is 5.46. The van der Waals surface area contributed by atoms with E-state index in [4.69, 9.17) is 5.11 Å². The fourth-order valence-electron chi connectivity index (χ4n) is 3.45. The van der Waals surface area contributed by atoms with Gasteiger partial charge in [-0.25, -0.2) is 0 Å². The number of carboxylic acids is 1. The van der Waals surface area contributed by atoms with Crippen molar-refractivity contribution in [2.75, 3.05) is 0 Å². The maximum atomic E-state index is 12.1. The number of aliphatic carboxylic acids is 1. The third kappa shape index (κ3) is 7.86. The summed E-state index contributed by atoms with van der Waals surface area (Å²) in [6.45, 7) is 6.32. The van der Waals surface area contributed by atoms with Crippen LogP contribution in [0.25, 0.3) is 0 Å². The van der Waals surface area contributed by atoms with Crippen molar-refractivity contribution < 1.29 is 19.8 Å². The van der Waals surface area contributed by atoms with Gasteiger partial charge in [0, 0.05) is 18.3 Å². The standard InChI is InChI=1S/C22H36O4/c1-4-5-16-22(2,3)20(24)15-13-17-12-14-19(23)18(17)10-8-6-7-9-11-21(25)26/h12-15,17-18,20,24H,4-11,16H2,1-3H3,(H,25,26)/t17-,18-,20-/m1/s1. The normalized spacial score (nSPS) is 21.6. The maximum Gasteiger partial charge on any atom is 0.303 e. The van der Waals surface area contributed by atoms with Crippen LogP contribution in [0.15, 0.2) is 24.3 Å². The third-order valence-electron chi connectivity index (χ3n) is 5.46. The number of unbranched alkanes of at least 4 members (excludes halogenated alkanes) is 4. The molecule has 26 heavy (non-hydrogen) atoms. The largest absolute Gasteiger partial charge is 0.481 e. The van der Waals surface area contributed by atoms with E-state index in [1.54, 1.807) is 6.08 Å². The monoisotopic (exact) mass is 364 g/mol. The number of aliphatic hydroxyl groups excluding tert-OH is 1. The molecule has 2 N–H and O–H groups in total. The fraction of sp³-hybridized carbons (Fsp3) is 0.727. The van der Waals surface area contributed by atoms with Gasteiger partial charge in [0.05, 0.1) is 6.10 Å². The van der Waals surface area contributed by atoms with Crippen molar-refractivity contribution >= 4 is 11.8 Å². The molecule has 0 radical (unpaired) electrons. The molecule has 0 aliphatic heterocycles. The van der Waals surface area contributed by atoms with Gasteiger partial charge in [0.1, 0.15) is 0 Å². The summed E-state index contributed by atoms with van der Waals surface area (Å²) in [6.07, 6.45) is 14.7. The highest BCUT2D eigenvalue weighted by Crippen LogP contribution is 2.32. The molecule has 3 atom stereocenters. The number of hydrogen-bond donors (Lipinski definition) is 2. The molecule has 1 aliphatic carbocycles. The van der Waals surface area contributed by atoms with E-state index in [-0.39, 0.29) is 29.5 Å². The zero-order valence-corrected chi connectivity index (χ0v) is 16.6. The molecule has 0 saturated carbocycles. The van der Waals surface area contributed by atoms with Crippen LogP contribution in [0.2, 0.25) is 0 Å². The van der Waals surface area contributed by atoms with Crippen LogP contribution in [0.1, 0.15) is 78.6 Å². The average Bonchev–Trinajstić information content (AvgIpc) is 2.93. The van der Waals surface area contributed by atoms with Crippen molar-refractivity contribution in [3.05, 3.63) is 24.3 Å². The van der Waals surface area contributed by atoms with Gasteiger partial charge in [0.15, 0.2) is 5.78 Å². The molecule has 148 valence electrons. The SMILES string of the molecule is CCCCC(C)(C)[C@H](O)C=C[C@H]1C=CC(=O)[C@@H]1CCCCCCC(=O)O. The quantitative estimate of drug-likeness (QED) is 0.359. The highest BCUT2D eigenvalue weighted by atomic mass is 16.4. The summed E-state index contributed by atoms with van der Waals surface area (Å²) in [5, 5.41) is 19.1. The molecule has 0 heterocycles. The van der Waals surface area contributed by atoms with Gasteiger partial charge >= 0.3 is 5.97 Å². The Morgan fingerprint density at radius 1 is 1.23 bits per heavy atom. The first-order valence-electron chi connectivity index (χ1n) is 10.1. The molecule has 0 spiro atoms. The molecule has 0 aromatic heterocycles. The Kier molecular flexibility index (Phi) is 9.85.